The number of benzene rings is 2. The van der Waals surface area contributed by atoms with Gasteiger partial charge in [0.25, 0.3) is 0 Å². The van der Waals surface area contributed by atoms with Gasteiger partial charge in [0.15, 0.2) is 9.84 Å². The van der Waals surface area contributed by atoms with Crippen molar-refractivity contribution in [1.82, 2.24) is 14.3 Å². The van der Waals surface area contributed by atoms with Crippen LogP contribution in [0.5, 0.6) is 0 Å². The van der Waals surface area contributed by atoms with E-state index in [1.807, 2.05) is 30.3 Å². The number of rotatable bonds is 3. The van der Waals surface area contributed by atoms with Crippen LogP contribution in [-0.4, -0.2) is 29.0 Å². The second-order valence-electron chi connectivity index (χ2n) is 6.21. The van der Waals surface area contributed by atoms with Crippen molar-refractivity contribution in [2.75, 3.05) is 6.26 Å². The highest BCUT2D eigenvalue weighted by atomic mass is 32.2. The van der Waals surface area contributed by atoms with E-state index < -0.39 is 9.84 Å². The second kappa shape index (κ2) is 5.70. The molecule has 6 nitrogen and oxygen atoms in total. The lowest BCUT2D eigenvalue weighted by Gasteiger charge is -2.11. The Hall–Kier alpha value is -2.67. The molecule has 0 radical (unpaired) electrons. The Morgan fingerprint density at radius 3 is 2.36 bits per heavy atom. The van der Waals surface area contributed by atoms with Crippen molar-refractivity contribution < 1.29 is 8.42 Å². The van der Waals surface area contributed by atoms with E-state index >= 15 is 0 Å². The Morgan fingerprint density at radius 1 is 1.04 bits per heavy atom. The maximum Gasteiger partial charge on any atom is 0.351 e. The molecule has 0 unspecified atom stereocenters. The first-order valence-electron chi connectivity index (χ1n) is 8.01. The highest BCUT2D eigenvalue weighted by molar-refractivity contribution is 7.90. The van der Waals surface area contributed by atoms with E-state index in [4.69, 9.17) is 0 Å². The molecule has 1 atom stereocenters. The molecule has 4 rings (SSSR count). The van der Waals surface area contributed by atoms with Gasteiger partial charge in [-0.05, 0) is 36.2 Å². The van der Waals surface area contributed by atoms with E-state index in [0.717, 1.165) is 30.5 Å². The van der Waals surface area contributed by atoms with Crippen LogP contribution < -0.4 is 5.69 Å². The Kier molecular flexibility index (Phi) is 3.61. The van der Waals surface area contributed by atoms with Gasteiger partial charge >= 0.3 is 5.69 Å². The zero-order valence-corrected chi connectivity index (χ0v) is 14.5. The molecule has 1 aliphatic heterocycles. The lowest BCUT2D eigenvalue weighted by atomic mass is 10.1. The van der Waals surface area contributed by atoms with Gasteiger partial charge in [0.2, 0.25) is 0 Å². The zero-order valence-electron chi connectivity index (χ0n) is 13.7. The van der Waals surface area contributed by atoms with Crippen molar-refractivity contribution in [3.63, 3.8) is 0 Å². The van der Waals surface area contributed by atoms with E-state index in [0.29, 0.717) is 5.69 Å². The number of sulfone groups is 1. The summed E-state index contributed by atoms with van der Waals surface area (Å²) in [7, 11) is -3.27. The number of aryl methyl sites for hydroxylation is 1. The summed E-state index contributed by atoms with van der Waals surface area (Å²) in [5, 5.41) is 4.45. The standard InChI is InChI=1S/C18H17N3O3S/c1-25(23,24)15-9-7-14(8-10-15)21-18(22)20-16(11-12-17(20)19-21)13-5-3-2-4-6-13/h2-10,16H,11-12H2,1H3/t16-/m0/s1. The summed E-state index contributed by atoms with van der Waals surface area (Å²) in [6.07, 6.45) is 2.75. The summed E-state index contributed by atoms with van der Waals surface area (Å²) in [6.45, 7) is 0. The fourth-order valence-corrected chi connectivity index (χ4v) is 3.92. The molecule has 1 aromatic heterocycles. The molecule has 0 N–H and O–H groups in total. The van der Waals surface area contributed by atoms with Crippen LogP contribution >= 0.6 is 0 Å². The minimum atomic E-state index is -3.27. The molecular formula is C18H17N3O3S. The summed E-state index contributed by atoms with van der Waals surface area (Å²) in [4.78, 5) is 13.1. The van der Waals surface area contributed by atoms with E-state index in [1.54, 1.807) is 16.7 Å². The topological polar surface area (TPSA) is 74.0 Å². The third-order valence-corrected chi connectivity index (χ3v) is 5.66. The number of nitrogens with zero attached hydrogens (tertiary/aromatic N) is 3. The van der Waals surface area contributed by atoms with E-state index in [1.165, 1.54) is 16.8 Å². The van der Waals surface area contributed by atoms with E-state index in [9.17, 15) is 13.2 Å². The summed E-state index contributed by atoms with van der Waals surface area (Å²) < 4.78 is 26.2. The molecule has 0 spiro atoms. The SMILES string of the molecule is CS(=O)(=O)c1ccc(-n2nc3n(c2=O)[C@H](c2ccccc2)CC3)cc1. The first-order valence-corrected chi connectivity index (χ1v) is 9.90. The lowest BCUT2D eigenvalue weighted by molar-refractivity contribution is 0.588. The molecule has 0 bridgehead atoms. The quantitative estimate of drug-likeness (QED) is 0.720. The largest absolute Gasteiger partial charge is 0.351 e. The number of hydrogen-bond donors (Lipinski definition) is 0. The number of hydrogen-bond acceptors (Lipinski definition) is 4. The zero-order chi connectivity index (χ0) is 17.6. The predicted octanol–water partition coefficient (Wildman–Crippen LogP) is 1.97. The molecule has 128 valence electrons. The number of aromatic nitrogens is 3. The minimum absolute atomic E-state index is 0.00672. The summed E-state index contributed by atoms with van der Waals surface area (Å²) in [6, 6.07) is 16.1. The van der Waals surface area contributed by atoms with Gasteiger partial charge in [-0.3, -0.25) is 4.57 Å². The monoisotopic (exact) mass is 355 g/mol. The maximum absolute atomic E-state index is 12.9. The summed E-state index contributed by atoms with van der Waals surface area (Å²) in [5.74, 6) is 0.756. The van der Waals surface area contributed by atoms with Crippen LogP contribution in [0.15, 0.2) is 64.3 Å². The second-order valence-corrected chi connectivity index (χ2v) is 8.23. The van der Waals surface area contributed by atoms with Gasteiger partial charge in [-0.1, -0.05) is 30.3 Å². The average molecular weight is 355 g/mol. The molecular weight excluding hydrogens is 338 g/mol. The first kappa shape index (κ1) is 15.8. The lowest BCUT2D eigenvalue weighted by Crippen LogP contribution is -2.26. The third kappa shape index (κ3) is 2.70. The van der Waals surface area contributed by atoms with Crippen molar-refractivity contribution in [2.45, 2.75) is 23.8 Å². The molecule has 2 heterocycles. The normalized spacial score (nSPS) is 16.8. The molecule has 25 heavy (non-hydrogen) atoms. The number of fused-ring (bicyclic) bond motifs is 1. The molecule has 2 aromatic carbocycles. The Balaban J connectivity index is 1.76. The molecule has 0 saturated heterocycles. The minimum Gasteiger partial charge on any atom is -0.271 e. The van der Waals surface area contributed by atoms with Gasteiger partial charge in [0.1, 0.15) is 5.82 Å². The maximum atomic E-state index is 12.9. The molecule has 1 aliphatic rings. The van der Waals surface area contributed by atoms with Crippen molar-refractivity contribution in [3.05, 3.63) is 76.5 Å². The van der Waals surface area contributed by atoms with Crippen LogP contribution in [0.2, 0.25) is 0 Å². The van der Waals surface area contributed by atoms with Gasteiger partial charge in [-0.25, -0.2) is 13.2 Å². The van der Waals surface area contributed by atoms with E-state index in [2.05, 4.69) is 5.10 Å². The molecule has 7 heteroatoms. The van der Waals surface area contributed by atoms with Crippen LogP contribution in [0.25, 0.3) is 5.69 Å². The summed E-state index contributed by atoms with van der Waals surface area (Å²) >= 11 is 0. The van der Waals surface area contributed by atoms with Crippen LogP contribution in [0, 0.1) is 0 Å². The molecule has 0 amide bonds. The van der Waals surface area contributed by atoms with Gasteiger partial charge in [0, 0.05) is 12.7 Å². The average Bonchev–Trinajstić information content (AvgIpc) is 3.16. The van der Waals surface area contributed by atoms with Crippen LogP contribution in [0.1, 0.15) is 23.9 Å². The first-order chi connectivity index (χ1) is 11.9. The fourth-order valence-electron chi connectivity index (χ4n) is 3.29. The van der Waals surface area contributed by atoms with Crippen molar-refractivity contribution >= 4 is 9.84 Å². The Morgan fingerprint density at radius 2 is 1.72 bits per heavy atom. The molecule has 0 aliphatic carbocycles. The van der Waals surface area contributed by atoms with Crippen molar-refractivity contribution in [2.24, 2.45) is 0 Å². The Labute approximate surface area is 145 Å². The van der Waals surface area contributed by atoms with Gasteiger partial charge in [-0.2, -0.15) is 4.68 Å². The van der Waals surface area contributed by atoms with Crippen LogP contribution in [-0.2, 0) is 16.3 Å². The van der Waals surface area contributed by atoms with Gasteiger partial charge in [-0.15, -0.1) is 5.10 Å². The smallest absolute Gasteiger partial charge is 0.271 e. The van der Waals surface area contributed by atoms with Crippen molar-refractivity contribution in [3.8, 4) is 5.69 Å². The van der Waals surface area contributed by atoms with E-state index in [-0.39, 0.29) is 16.6 Å². The molecule has 3 aromatic rings. The van der Waals surface area contributed by atoms with Gasteiger partial charge in [0.05, 0.1) is 16.6 Å². The van der Waals surface area contributed by atoms with Gasteiger partial charge < -0.3 is 0 Å². The highest BCUT2D eigenvalue weighted by Crippen LogP contribution is 2.29. The van der Waals surface area contributed by atoms with Crippen LogP contribution in [0.3, 0.4) is 0 Å². The fraction of sp³-hybridized carbons (Fsp3) is 0.222. The van der Waals surface area contributed by atoms with Crippen LogP contribution in [0.4, 0.5) is 0 Å². The third-order valence-electron chi connectivity index (χ3n) is 4.53. The molecule has 0 saturated carbocycles. The summed E-state index contributed by atoms with van der Waals surface area (Å²) in [5.41, 5.74) is 1.45. The molecule has 0 fully saturated rings. The highest BCUT2D eigenvalue weighted by Gasteiger charge is 2.29. The Bertz CT molecular complexity index is 1080. The predicted molar refractivity (Wildman–Crippen MR) is 93.8 cm³/mol. The van der Waals surface area contributed by atoms with Crippen molar-refractivity contribution in [1.29, 1.82) is 0 Å².